The number of nitrogens with zero attached hydrogens (tertiary/aromatic N) is 8. The van der Waals surface area contributed by atoms with Gasteiger partial charge in [-0.1, -0.05) is 35.5 Å². The number of methoxy groups -OCH3 is 1. The number of aliphatic hydroxyl groups is 2. The second-order valence-corrected chi connectivity index (χ2v) is 14.5. The molecule has 6 heterocycles. The molecule has 0 bridgehead atoms. The second kappa shape index (κ2) is 23.7. The van der Waals surface area contributed by atoms with Crippen LogP contribution in [0, 0.1) is 29.7 Å². The van der Waals surface area contributed by atoms with Crippen LogP contribution < -0.4 is 51.4 Å². The summed E-state index contributed by atoms with van der Waals surface area (Å²) in [5.74, 6) is 9.35. The van der Waals surface area contributed by atoms with Gasteiger partial charge in [0.1, 0.15) is 10.3 Å². The van der Waals surface area contributed by atoms with Gasteiger partial charge in [-0.25, -0.2) is 29.5 Å². The monoisotopic (exact) mass is 980 g/mol. The van der Waals surface area contributed by atoms with Crippen LogP contribution in [0.4, 0.5) is 12.9 Å². The van der Waals surface area contributed by atoms with Gasteiger partial charge in [0.2, 0.25) is 11.2 Å². The van der Waals surface area contributed by atoms with Crippen molar-refractivity contribution in [3.8, 4) is 34.9 Å². The first-order valence-corrected chi connectivity index (χ1v) is 19.9. The molecule has 22 heteroatoms. The van der Waals surface area contributed by atoms with Crippen molar-refractivity contribution in [2.45, 2.75) is 31.0 Å². The fraction of sp³-hybridized carbons (Fsp3) is 0.256. The van der Waals surface area contributed by atoms with Gasteiger partial charge < -0.3 is 38.3 Å². The van der Waals surface area contributed by atoms with Crippen LogP contribution >= 0.6 is 15.9 Å². The number of carbonyl (C=O) groups excluding carboxylic acids is 4. The van der Waals surface area contributed by atoms with Crippen molar-refractivity contribution in [2.24, 2.45) is 0 Å². The van der Waals surface area contributed by atoms with Crippen molar-refractivity contribution in [1.29, 1.82) is 0 Å². The third-order valence-corrected chi connectivity index (χ3v) is 9.81. The van der Waals surface area contributed by atoms with E-state index in [1.54, 1.807) is 97.3 Å². The SMILES string of the molecule is CCOC(=O)c1cn2ccnc2c(-c2cccc(C#C[C@]3(O)CCN(C)C3=O)c2)n1.CN1CC[C@@](O)(C#Cc2c[c-]ccc2)C1=O.COC(=O)c1cn2ccnc2c(Br)n1.FB(F)F.[K+]. The number of halogens is 4. The van der Waals surface area contributed by atoms with Crippen LogP contribution in [0.2, 0.25) is 0 Å². The Hall–Kier alpha value is -5.43. The standard InChI is InChI=1S/C22H20N4O4.C13H12NO2.C8H6BrN3O2.BF3.K/c1-3-30-20(27)17-14-26-12-10-23-19(26)18(24-17)16-6-4-5-15(13-16)7-8-22(29)9-11-25(2)21(22)28;1-14-10-9-13(16,12(14)15)8-7-11-5-3-2-4-6-11;1-14-8(13)5-4-12-3-2-10-7(12)6(9)11-5;2-1(3)4;/h4-6,10,12-14,29H,3,9,11H2,1-2H3;2-3,5-6,16H,9-10H2,1H3;2-4H,1H3;;/q;-1;;;+1/t22-;13-;;;/m00.../s1. The summed E-state index contributed by atoms with van der Waals surface area (Å²) in [5.41, 5.74) is 1.04. The Morgan fingerprint density at radius 1 is 0.862 bits per heavy atom. The molecule has 330 valence electrons. The summed E-state index contributed by atoms with van der Waals surface area (Å²) in [4.78, 5) is 66.9. The molecule has 2 aliphatic rings. The zero-order chi connectivity index (χ0) is 46.6. The summed E-state index contributed by atoms with van der Waals surface area (Å²) in [5, 5.41) is 20.5. The Morgan fingerprint density at radius 2 is 1.40 bits per heavy atom. The molecule has 2 saturated heterocycles. The molecule has 0 unspecified atom stereocenters. The predicted octanol–water partition coefficient (Wildman–Crippen LogP) is 1.11. The first kappa shape index (κ1) is 52.2. The Morgan fingerprint density at radius 3 is 1.92 bits per heavy atom. The van der Waals surface area contributed by atoms with Gasteiger partial charge >= 0.3 is 70.9 Å². The summed E-state index contributed by atoms with van der Waals surface area (Å²) >= 11 is 3.22. The molecule has 2 atom stereocenters. The van der Waals surface area contributed by atoms with E-state index >= 15 is 0 Å². The Labute approximate surface area is 422 Å². The van der Waals surface area contributed by atoms with Gasteiger partial charge in [0.05, 0.1) is 13.7 Å². The van der Waals surface area contributed by atoms with Crippen molar-refractivity contribution in [3.63, 3.8) is 0 Å². The maximum absolute atomic E-state index is 12.2. The quantitative estimate of drug-likeness (QED) is 0.111. The maximum atomic E-state index is 12.2. The van der Waals surface area contributed by atoms with Crippen LogP contribution in [0.5, 0.6) is 0 Å². The van der Waals surface area contributed by atoms with E-state index in [-0.39, 0.29) is 81.7 Å². The molecule has 8 rings (SSSR count). The van der Waals surface area contributed by atoms with Gasteiger partial charge in [-0.15, -0.1) is 5.92 Å². The number of hydrogen-bond acceptors (Lipinski definition) is 12. The molecular weight excluding hydrogens is 943 g/mol. The number of likely N-dealkylation sites (N-methyl/N-ethyl adjacent to an activating group) is 2. The van der Waals surface area contributed by atoms with E-state index in [0.717, 1.165) is 5.56 Å². The zero-order valence-electron chi connectivity index (χ0n) is 35.6. The van der Waals surface area contributed by atoms with E-state index in [0.29, 0.717) is 52.2 Å². The van der Waals surface area contributed by atoms with E-state index < -0.39 is 36.6 Å². The summed E-state index contributed by atoms with van der Waals surface area (Å²) < 4.78 is 42.6. The molecule has 2 amide bonds. The number of carbonyl (C=O) groups is 4. The zero-order valence-corrected chi connectivity index (χ0v) is 40.3. The second-order valence-electron chi connectivity index (χ2n) is 13.7. The molecule has 16 nitrogen and oxygen atoms in total. The molecule has 2 aliphatic heterocycles. The van der Waals surface area contributed by atoms with Crippen LogP contribution in [-0.2, 0) is 19.1 Å². The predicted molar refractivity (Wildman–Crippen MR) is 229 cm³/mol. The topological polar surface area (TPSA) is 194 Å². The third-order valence-electron chi connectivity index (χ3n) is 9.28. The van der Waals surface area contributed by atoms with E-state index in [4.69, 9.17) is 4.74 Å². The van der Waals surface area contributed by atoms with Gasteiger partial charge in [0.15, 0.2) is 22.7 Å². The minimum Gasteiger partial charge on any atom is -0.464 e. The molecule has 2 N–H and O–H groups in total. The minimum atomic E-state index is -3.67. The average molecular weight is 982 g/mol. The first-order chi connectivity index (χ1) is 30.5. The fourth-order valence-corrected chi connectivity index (χ4v) is 6.53. The van der Waals surface area contributed by atoms with E-state index in [1.165, 1.54) is 16.9 Å². The van der Waals surface area contributed by atoms with Gasteiger partial charge in [0.25, 0.3) is 11.8 Å². The molecule has 0 aliphatic carbocycles. The summed E-state index contributed by atoms with van der Waals surface area (Å²) in [6.45, 7) is 2.99. The fourth-order valence-electron chi connectivity index (χ4n) is 6.03. The number of fused-ring (bicyclic) bond motifs is 2. The molecule has 65 heavy (non-hydrogen) atoms. The number of rotatable bonds is 4. The van der Waals surface area contributed by atoms with E-state index in [2.05, 4.69) is 70.4 Å². The van der Waals surface area contributed by atoms with Crippen LogP contribution in [0.15, 0.2) is 90.3 Å². The molecule has 0 radical (unpaired) electrons. The number of esters is 2. The van der Waals surface area contributed by atoms with Crippen molar-refractivity contribution < 1.29 is 103 Å². The number of ether oxygens (including phenoxy) is 2. The molecule has 2 aromatic carbocycles. The Balaban J connectivity index is 0.000000222. The Kier molecular flexibility index (Phi) is 19.0. The van der Waals surface area contributed by atoms with E-state index in [9.17, 15) is 42.3 Å². The smallest absolute Gasteiger partial charge is 0.464 e. The normalized spacial score (nSPS) is 17.1. The number of hydrogen-bond donors (Lipinski definition) is 2. The number of benzene rings is 2. The van der Waals surface area contributed by atoms with Crippen molar-refractivity contribution in [2.75, 3.05) is 40.9 Å². The third kappa shape index (κ3) is 13.6. The first-order valence-electron chi connectivity index (χ1n) is 19.1. The Bertz CT molecular complexity index is 2800. The van der Waals surface area contributed by atoms with Gasteiger partial charge in [-0.3, -0.25) is 22.5 Å². The molecular formula is C43H38BBrF3KN8O8. The average Bonchev–Trinajstić information content (AvgIpc) is 4.08. The minimum absolute atomic E-state index is 0. The summed E-state index contributed by atoms with van der Waals surface area (Å²) in [7, 11) is 0.953. The number of imidazole rings is 2. The van der Waals surface area contributed by atoms with Crippen molar-refractivity contribution >= 4 is 58.5 Å². The van der Waals surface area contributed by atoms with Crippen molar-refractivity contribution in [1.82, 2.24) is 38.5 Å². The molecule has 2 fully saturated rings. The number of aromatic nitrogens is 6. The van der Waals surface area contributed by atoms with Crippen molar-refractivity contribution in [3.05, 3.63) is 119 Å². The molecule has 4 aromatic heterocycles. The number of likely N-dealkylation sites (tertiary alicyclic amines) is 2. The molecule has 0 saturated carbocycles. The summed E-state index contributed by atoms with van der Waals surface area (Å²) in [6.07, 6.45) is 10.5. The largest absolute Gasteiger partial charge is 1.00 e. The van der Waals surface area contributed by atoms with Gasteiger partial charge in [0, 0.05) is 88.3 Å². The van der Waals surface area contributed by atoms with Crippen LogP contribution in [0.1, 0.15) is 51.9 Å². The maximum Gasteiger partial charge on any atom is 1.00 e. The summed E-state index contributed by atoms with van der Waals surface area (Å²) in [6, 6.07) is 17.2. The molecule has 6 aromatic rings. The van der Waals surface area contributed by atoms with E-state index in [1.807, 2.05) is 18.2 Å². The van der Waals surface area contributed by atoms with Crippen LogP contribution in [0.3, 0.4) is 0 Å². The van der Waals surface area contributed by atoms with Gasteiger partial charge in [-0.05, 0) is 35.0 Å². The molecule has 0 spiro atoms. The van der Waals surface area contributed by atoms with Gasteiger partial charge in [-0.2, -0.15) is 30.3 Å². The van der Waals surface area contributed by atoms with Crippen LogP contribution in [0.25, 0.3) is 22.6 Å². The number of amides is 2. The van der Waals surface area contributed by atoms with Crippen LogP contribution in [-0.4, -0.2) is 132 Å².